The zero-order chi connectivity index (χ0) is 17.6. The topological polar surface area (TPSA) is 77.8 Å². The predicted octanol–water partition coefficient (Wildman–Crippen LogP) is 4.09. The molecule has 2 aromatic carbocycles. The SMILES string of the molecule is N#Cc1cccc(Nc2ccc(NC(=O)c3ccc(F)cc3)nc2)c1. The lowest BCUT2D eigenvalue weighted by Crippen LogP contribution is -2.12. The van der Waals surface area contributed by atoms with Crippen LogP contribution in [0.4, 0.5) is 21.6 Å². The van der Waals surface area contributed by atoms with Gasteiger partial charge in [0.15, 0.2) is 0 Å². The Morgan fingerprint density at radius 3 is 2.52 bits per heavy atom. The maximum Gasteiger partial charge on any atom is 0.256 e. The van der Waals surface area contributed by atoms with E-state index in [1.807, 2.05) is 6.07 Å². The third kappa shape index (κ3) is 4.18. The maximum absolute atomic E-state index is 12.9. The molecule has 0 atom stereocenters. The predicted molar refractivity (Wildman–Crippen MR) is 93.0 cm³/mol. The molecule has 0 aliphatic carbocycles. The zero-order valence-corrected chi connectivity index (χ0v) is 13.0. The number of aromatic nitrogens is 1. The lowest BCUT2D eigenvalue weighted by molar-refractivity contribution is 0.102. The summed E-state index contributed by atoms with van der Waals surface area (Å²) in [6.45, 7) is 0. The van der Waals surface area contributed by atoms with Crippen LogP contribution in [-0.2, 0) is 0 Å². The number of anilines is 3. The number of carbonyl (C=O) groups is 1. The monoisotopic (exact) mass is 332 g/mol. The number of nitrogens with zero attached hydrogens (tertiary/aromatic N) is 2. The second-order valence-electron chi connectivity index (χ2n) is 5.21. The van der Waals surface area contributed by atoms with E-state index in [-0.39, 0.29) is 5.91 Å². The minimum absolute atomic E-state index is 0.346. The largest absolute Gasteiger partial charge is 0.354 e. The third-order valence-corrected chi connectivity index (χ3v) is 3.39. The van der Waals surface area contributed by atoms with Crippen LogP contribution in [0.25, 0.3) is 0 Å². The van der Waals surface area contributed by atoms with Gasteiger partial charge in [0.25, 0.3) is 5.91 Å². The average Bonchev–Trinajstić information content (AvgIpc) is 2.64. The Labute approximate surface area is 143 Å². The normalized spacial score (nSPS) is 9.92. The molecule has 6 heteroatoms. The molecule has 0 saturated heterocycles. The van der Waals surface area contributed by atoms with Crippen molar-refractivity contribution in [1.29, 1.82) is 5.26 Å². The molecule has 0 bridgehead atoms. The van der Waals surface area contributed by atoms with Gasteiger partial charge in [-0.2, -0.15) is 5.26 Å². The van der Waals surface area contributed by atoms with Crippen molar-refractivity contribution in [1.82, 2.24) is 4.98 Å². The molecule has 1 heterocycles. The van der Waals surface area contributed by atoms with Crippen molar-refractivity contribution in [3.8, 4) is 6.07 Å². The van der Waals surface area contributed by atoms with Gasteiger partial charge in [-0.25, -0.2) is 9.37 Å². The summed E-state index contributed by atoms with van der Waals surface area (Å²) >= 11 is 0. The molecule has 3 aromatic rings. The van der Waals surface area contributed by atoms with Crippen molar-refractivity contribution in [2.75, 3.05) is 10.6 Å². The first-order valence-corrected chi connectivity index (χ1v) is 7.44. The Kier molecular flexibility index (Phi) is 4.67. The van der Waals surface area contributed by atoms with Crippen LogP contribution in [0, 0.1) is 17.1 Å². The number of rotatable bonds is 4. The Morgan fingerprint density at radius 2 is 1.84 bits per heavy atom. The van der Waals surface area contributed by atoms with E-state index in [0.29, 0.717) is 16.9 Å². The van der Waals surface area contributed by atoms with Crippen molar-refractivity contribution < 1.29 is 9.18 Å². The van der Waals surface area contributed by atoms with E-state index in [2.05, 4.69) is 21.7 Å². The average molecular weight is 332 g/mol. The number of benzene rings is 2. The fraction of sp³-hybridized carbons (Fsp3) is 0. The molecular weight excluding hydrogens is 319 g/mol. The Bertz CT molecular complexity index is 931. The van der Waals surface area contributed by atoms with Gasteiger partial charge in [-0.05, 0) is 54.6 Å². The first-order valence-electron chi connectivity index (χ1n) is 7.44. The van der Waals surface area contributed by atoms with E-state index in [1.165, 1.54) is 24.3 Å². The molecule has 1 aromatic heterocycles. The molecule has 0 saturated carbocycles. The molecule has 0 fully saturated rings. The second-order valence-corrected chi connectivity index (χ2v) is 5.21. The Balaban J connectivity index is 1.66. The van der Waals surface area contributed by atoms with Gasteiger partial charge in [0.1, 0.15) is 11.6 Å². The van der Waals surface area contributed by atoms with Gasteiger partial charge in [0.05, 0.1) is 23.5 Å². The number of hydrogen-bond acceptors (Lipinski definition) is 4. The highest BCUT2D eigenvalue weighted by atomic mass is 19.1. The van der Waals surface area contributed by atoms with Gasteiger partial charge in [0, 0.05) is 11.3 Å². The number of hydrogen-bond donors (Lipinski definition) is 2. The number of halogens is 1. The first kappa shape index (κ1) is 16.1. The summed E-state index contributed by atoms with van der Waals surface area (Å²) in [5, 5.41) is 14.7. The van der Waals surface area contributed by atoms with E-state index in [0.717, 1.165) is 11.4 Å². The molecule has 3 rings (SSSR count). The molecule has 0 aliphatic rings. The van der Waals surface area contributed by atoms with Gasteiger partial charge < -0.3 is 10.6 Å². The minimum Gasteiger partial charge on any atom is -0.354 e. The highest BCUT2D eigenvalue weighted by molar-refractivity contribution is 6.03. The summed E-state index contributed by atoms with van der Waals surface area (Å²) in [6, 6.07) is 17.8. The second kappa shape index (κ2) is 7.23. The van der Waals surface area contributed by atoms with Gasteiger partial charge in [-0.3, -0.25) is 4.79 Å². The summed E-state index contributed by atoms with van der Waals surface area (Å²) < 4.78 is 12.9. The van der Waals surface area contributed by atoms with Gasteiger partial charge in [-0.1, -0.05) is 6.07 Å². The number of nitriles is 1. The van der Waals surface area contributed by atoms with E-state index in [4.69, 9.17) is 5.26 Å². The molecule has 0 radical (unpaired) electrons. The van der Waals surface area contributed by atoms with Crippen molar-refractivity contribution in [3.63, 3.8) is 0 Å². The molecule has 122 valence electrons. The van der Waals surface area contributed by atoms with Crippen LogP contribution in [-0.4, -0.2) is 10.9 Å². The van der Waals surface area contributed by atoms with Crippen LogP contribution in [0.2, 0.25) is 0 Å². The molecule has 1 amide bonds. The van der Waals surface area contributed by atoms with Crippen molar-refractivity contribution >= 4 is 23.1 Å². The smallest absolute Gasteiger partial charge is 0.256 e. The van der Waals surface area contributed by atoms with Crippen molar-refractivity contribution in [3.05, 3.63) is 83.8 Å². The van der Waals surface area contributed by atoms with Crippen LogP contribution in [0.5, 0.6) is 0 Å². The fourth-order valence-electron chi connectivity index (χ4n) is 2.16. The number of pyridine rings is 1. The molecular formula is C19H13FN4O. The summed E-state index contributed by atoms with van der Waals surface area (Å²) in [4.78, 5) is 16.2. The minimum atomic E-state index is -0.398. The zero-order valence-electron chi connectivity index (χ0n) is 13.0. The van der Waals surface area contributed by atoms with E-state index in [9.17, 15) is 9.18 Å². The molecule has 2 N–H and O–H groups in total. The fourth-order valence-corrected chi connectivity index (χ4v) is 2.16. The lowest BCUT2D eigenvalue weighted by Gasteiger charge is -2.08. The van der Waals surface area contributed by atoms with E-state index < -0.39 is 5.82 Å². The molecule has 5 nitrogen and oxygen atoms in total. The first-order chi connectivity index (χ1) is 12.1. The van der Waals surface area contributed by atoms with Crippen LogP contribution in [0.1, 0.15) is 15.9 Å². The number of carbonyl (C=O) groups excluding carboxylic acids is 1. The van der Waals surface area contributed by atoms with Crippen LogP contribution < -0.4 is 10.6 Å². The number of amides is 1. The van der Waals surface area contributed by atoms with Gasteiger partial charge >= 0.3 is 0 Å². The summed E-state index contributed by atoms with van der Waals surface area (Å²) in [6.07, 6.45) is 1.57. The van der Waals surface area contributed by atoms with E-state index in [1.54, 1.807) is 36.5 Å². The third-order valence-electron chi connectivity index (χ3n) is 3.39. The quantitative estimate of drug-likeness (QED) is 0.754. The molecule has 0 unspecified atom stereocenters. The Morgan fingerprint density at radius 1 is 1.04 bits per heavy atom. The highest BCUT2D eigenvalue weighted by Crippen LogP contribution is 2.18. The standard InChI is InChI=1S/C19H13FN4O/c20-15-6-4-14(5-7-15)19(25)24-18-9-8-17(12-22-18)23-16-3-1-2-13(10-16)11-21/h1-10,12,23H,(H,22,24,25). The van der Waals surface area contributed by atoms with Gasteiger partial charge in [-0.15, -0.1) is 0 Å². The molecule has 0 aliphatic heterocycles. The summed E-state index contributed by atoms with van der Waals surface area (Å²) in [7, 11) is 0. The van der Waals surface area contributed by atoms with E-state index >= 15 is 0 Å². The summed E-state index contributed by atoms with van der Waals surface area (Å²) in [5.74, 6) is -0.383. The molecule has 0 spiro atoms. The van der Waals surface area contributed by atoms with Crippen LogP contribution in [0.3, 0.4) is 0 Å². The highest BCUT2D eigenvalue weighted by Gasteiger charge is 2.07. The van der Waals surface area contributed by atoms with Crippen LogP contribution in [0.15, 0.2) is 66.9 Å². The number of nitrogens with one attached hydrogen (secondary N) is 2. The van der Waals surface area contributed by atoms with Crippen molar-refractivity contribution in [2.45, 2.75) is 0 Å². The van der Waals surface area contributed by atoms with Gasteiger partial charge in [0.2, 0.25) is 0 Å². The lowest BCUT2D eigenvalue weighted by atomic mass is 10.2. The van der Waals surface area contributed by atoms with Crippen LogP contribution >= 0.6 is 0 Å². The Hall–Kier alpha value is -3.72. The summed E-state index contributed by atoms with van der Waals surface area (Å²) in [5.41, 5.74) is 2.39. The maximum atomic E-state index is 12.9. The van der Waals surface area contributed by atoms with Crippen molar-refractivity contribution in [2.24, 2.45) is 0 Å². The molecule has 25 heavy (non-hydrogen) atoms.